The van der Waals surface area contributed by atoms with E-state index in [4.69, 9.17) is 0 Å². The van der Waals surface area contributed by atoms with E-state index in [9.17, 15) is 0 Å². The van der Waals surface area contributed by atoms with Crippen molar-refractivity contribution in [1.29, 1.82) is 0 Å². The Morgan fingerprint density at radius 3 is 1.78 bits per heavy atom. The molecule has 1 heteroatoms. The third-order valence-corrected chi connectivity index (χ3v) is 1.94. The summed E-state index contributed by atoms with van der Waals surface area (Å²) in [6.07, 6.45) is 0. The molecular formula is C8H12Si. The summed E-state index contributed by atoms with van der Waals surface area (Å²) in [6, 6.07) is 6.71. The van der Waals surface area contributed by atoms with Gasteiger partial charge in [0.05, 0.1) is 0 Å². The summed E-state index contributed by atoms with van der Waals surface area (Å²) < 4.78 is 0. The van der Waals surface area contributed by atoms with E-state index in [2.05, 4.69) is 32.0 Å². The Labute approximate surface area is 59.3 Å². The summed E-state index contributed by atoms with van der Waals surface area (Å²) in [4.78, 5) is 0. The van der Waals surface area contributed by atoms with Gasteiger partial charge in [-0.1, -0.05) is 34.5 Å². The molecule has 0 amide bonds. The zero-order chi connectivity index (χ0) is 6.85. The normalized spacial score (nSPS) is 10.0. The highest BCUT2D eigenvalue weighted by Crippen LogP contribution is 1.97. The fraction of sp³-hybridized carbons (Fsp3) is 0.250. The molecule has 0 bridgehead atoms. The van der Waals surface area contributed by atoms with Crippen molar-refractivity contribution < 1.29 is 0 Å². The average molecular weight is 136 g/mol. The van der Waals surface area contributed by atoms with Crippen LogP contribution >= 0.6 is 0 Å². The van der Waals surface area contributed by atoms with E-state index in [0.717, 1.165) is 0 Å². The maximum atomic E-state index is 2.25. The van der Waals surface area contributed by atoms with Crippen LogP contribution in [0.15, 0.2) is 18.2 Å². The summed E-state index contributed by atoms with van der Waals surface area (Å²) >= 11 is 0. The molecule has 9 heavy (non-hydrogen) atoms. The molecule has 48 valence electrons. The van der Waals surface area contributed by atoms with Crippen LogP contribution < -0.4 is 5.19 Å². The van der Waals surface area contributed by atoms with Crippen molar-refractivity contribution >= 4 is 15.4 Å². The van der Waals surface area contributed by atoms with Gasteiger partial charge in [-0.05, 0) is 13.8 Å². The fourth-order valence-electron chi connectivity index (χ4n) is 1.20. The van der Waals surface area contributed by atoms with Crippen LogP contribution in [0.3, 0.4) is 0 Å². The molecule has 0 saturated carbocycles. The van der Waals surface area contributed by atoms with Crippen LogP contribution in [0, 0.1) is 13.8 Å². The van der Waals surface area contributed by atoms with Crippen LogP contribution in [0.5, 0.6) is 0 Å². The van der Waals surface area contributed by atoms with Crippen molar-refractivity contribution in [3.8, 4) is 0 Å². The molecule has 0 aliphatic rings. The van der Waals surface area contributed by atoms with Crippen molar-refractivity contribution in [2.45, 2.75) is 13.8 Å². The first kappa shape index (κ1) is 6.56. The molecule has 0 unspecified atom stereocenters. The van der Waals surface area contributed by atoms with Gasteiger partial charge in [-0.2, -0.15) is 0 Å². The predicted octanol–water partition coefficient (Wildman–Crippen LogP) is 0.294. The smallest absolute Gasteiger partial charge is 0.0385 e. The molecule has 0 radical (unpaired) electrons. The highest BCUT2D eigenvalue weighted by Gasteiger charge is 1.87. The van der Waals surface area contributed by atoms with Crippen molar-refractivity contribution in [2.24, 2.45) is 0 Å². The Hall–Kier alpha value is -0.563. The lowest BCUT2D eigenvalue weighted by atomic mass is 10.2. The highest BCUT2D eigenvalue weighted by atomic mass is 28.1. The van der Waals surface area contributed by atoms with Crippen molar-refractivity contribution in [3.63, 3.8) is 0 Å². The van der Waals surface area contributed by atoms with Gasteiger partial charge < -0.3 is 0 Å². The van der Waals surface area contributed by atoms with Gasteiger partial charge in [-0.3, -0.25) is 0 Å². The molecule has 0 heterocycles. The Morgan fingerprint density at radius 1 is 1.00 bits per heavy atom. The van der Waals surface area contributed by atoms with Gasteiger partial charge in [0.25, 0.3) is 0 Å². The molecule has 0 aromatic heterocycles. The first-order valence-electron chi connectivity index (χ1n) is 3.23. The Balaban J connectivity index is 3.17. The SMILES string of the molecule is Cc1cc(C)cc([SiH3])c1. The van der Waals surface area contributed by atoms with Gasteiger partial charge in [0, 0.05) is 10.2 Å². The van der Waals surface area contributed by atoms with Crippen LogP contribution in [0.1, 0.15) is 11.1 Å². The molecule has 0 spiro atoms. The quantitative estimate of drug-likeness (QED) is 0.450. The predicted molar refractivity (Wildman–Crippen MR) is 45.5 cm³/mol. The Bertz CT molecular complexity index is 165. The monoisotopic (exact) mass is 136 g/mol. The first-order valence-corrected chi connectivity index (χ1v) is 4.23. The van der Waals surface area contributed by atoms with Gasteiger partial charge in [0.1, 0.15) is 0 Å². The van der Waals surface area contributed by atoms with Crippen molar-refractivity contribution in [2.75, 3.05) is 0 Å². The lowest BCUT2D eigenvalue weighted by Crippen LogP contribution is -2.02. The van der Waals surface area contributed by atoms with Gasteiger partial charge in [0.2, 0.25) is 0 Å². The number of hydrogen-bond acceptors (Lipinski definition) is 0. The number of benzene rings is 1. The molecule has 1 aromatic rings. The summed E-state index contributed by atoms with van der Waals surface area (Å²) in [6.45, 7) is 4.29. The molecule has 0 N–H and O–H groups in total. The molecule has 0 nitrogen and oxygen atoms in total. The zero-order valence-corrected chi connectivity index (χ0v) is 8.23. The highest BCUT2D eigenvalue weighted by molar-refractivity contribution is 6.32. The third kappa shape index (κ3) is 1.68. The van der Waals surface area contributed by atoms with E-state index < -0.39 is 0 Å². The second-order valence-electron chi connectivity index (χ2n) is 2.67. The van der Waals surface area contributed by atoms with Crippen molar-refractivity contribution in [3.05, 3.63) is 29.3 Å². The number of aryl methyl sites for hydroxylation is 2. The van der Waals surface area contributed by atoms with Crippen molar-refractivity contribution in [1.82, 2.24) is 0 Å². The standard InChI is InChI=1S/C8H12Si/c1-6-3-7(2)5-8(9)4-6/h3-5H,1-2,9H3. The van der Waals surface area contributed by atoms with Crippen LogP contribution in [-0.2, 0) is 0 Å². The van der Waals surface area contributed by atoms with Gasteiger partial charge in [-0.25, -0.2) is 0 Å². The summed E-state index contributed by atoms with van der Waals surface area (Å²) in [5.74, 6) is 0. The molecule has 1 rings (SSSR count). The van der Waals surface area contributed by atoms with Gasteiger partial charge in [-0.15, -0.1) is 0 Å². The first-order chi connectivity index (χ1) is 4.18. The van der Waals surface area contributed by atoms with E-state index in [1.807, 2.05) is 0 Å². The molecular weight excluding hydrogens is 124 g/mol. The van der Waals surface area contributed by atoms with Gasteiger partial charge >= 0.3 is 0 Å². The molecule has 1 aromatic carbocycles. The maximum Gasteiger partial charge on any atom is 0.0385 e. The summed E-state index contributed by atoms with van der Waals surface area (Å²) in [5, 5.41) is 1.49. The second-order valence-corrected chi connectivity index (χ2v) is 3.82. The minimum atomic E-state index is 1.17. The summed E-state index contributed by atoms with van der Waals surface area (Å²) in [7, 11) is 1.17. The van der Waals surface area contributed by atoms with E-state index >= 15 is 0 Å². The number of hydrogen-bond donors (Lipinski definition) is 0. The molecule has 0 atom stereocenters. The number of rotatable bonds is 0. The van der Waals surface area contributed by atoms with E-state index in [-0.39, 0.29) is 0 Å². The second kappa shape index (κ2) is 2.36. The molecule has 0 aliphatic carbocycles. The third-order valence-electron chi connectivity index (χ3n) is 1.37. The molecule has 0 fully saturated rings. The van der Waals surface area contributed by atoms with Crippen LogP contribution in [0.4, 0.5) is 0 Å². The van der Waals surface area contributed by atoms with Gasteiger partial charge in [0.15, 0.2) is 0 Å². The van der Waals surface area contributed by atoms with E-state index in [1.54, 1.807) is 0 Å². The largest absolute Gasteiger partial charge is 0.0702 e. The zero-order valence-electron chi connectivity index (χ0n) is 6.23. The van der Waals surface area contributed by atoms with Crippen LogP contribution in [-0.4, -0.2) is 10.2 Å². The fourth-order valence-corrected chi connectivity index (χ4v) is 2.11. The Kier molecular flexibility index (Phi) is 1.72. The molecule has 0 aliphatic heterocycles. The average Bonchev–Trinajstić information content (AvgIpc) is 1.59. The van der Waals surface area contributed by atoms with Crippen LogP contribution in [0.25, 0.3) is 0 Å². The molecule has 0 saturated heterocycles. The van der Waals surface area contributed by atoms with Crippen LogP contribution in [0.2, 0.25) is 0 Å². The Morgan fingerprint density at radius 2 is 1.44 bits per heavy atom. The maximum absolute atomic E-state index is 2.25. The van der Waals surface area contributed by atoms with E-state index in [0.29, 0.717) is 0 Å². The minimum absolute atomic E-state index is 1.17. The topological polar surface area (TPSA) is 0 Å². The van der Waals surface area contributed by atoms with E-state index in [1.165, 1.54) is 26.6 Å². The summed E-state index contributed by atoms with van der Waals surface area (Å²) in [5.41, 5.74) is 2.78. The lowest BCUT2D eigenvalue weighted by molar-refractivity contribution is 1.40. The minimum Gasteiger partial charge on any atom is -0.0702 e. The lowest BCUT2D eigenvalue weighted by Gasteiger charge is -1.97.